The van der Waals surface area contributed by atoms with E-state index in [-0.39, 0.29) is 11.8 Å². The molecule has 4 nitrogen and oxygen atoms in total. The van der Waals surface area contributed by atoms with Crippen LogP contribution in [0, 0.1) is 0 Å². The van der Waals surface area contributed by atoms with Crippen LogP contribution in [0.5, 0.6) is 0 Å². The Labute approximate surface area is 122 Å². The zero-order valence-corrected chi connectivity index (χ0v) is 12.2. The van der Waals surface area contributed by atoms with Crippen molar-refractivity contribution in [3.05, 3.63) is 52.2 Å². The Balaban J connectivity index is 2.06. The van der Waals surface area contributed by atoms with E-state index in [1.807, 2.05) is 35.0 Å². The molecule has 1 heterocycles. The van der Waals surface area contributed by atoms with Crippen molar-refractivity contribution < 1.29 is 9.59 Å². The van der Waals surface area contributed by atoms with Crippen LogP contribution in [-0.4, -0.2) is 23.8 Å². The lowest BCUT2D eigenvalue weighted by atomic mass is 10.2. The molecule has 0 atom stereocenters. The van der Waals surface area contributed by atoms with E-state index in [1.54, 1.807) is 18.0 Å². The maximum Gasteiger partial charge on any atom is 0.256 e. The first-order chi connectivity index (χ1) is 9.56. The number of hydrogen-bond donors (Lipinski definition) is 1. The van der Waals surface area contributed by atoms with Gasteiger partial charge in [0.1, 0.15) is 0 Å². The van der Waals surface area contributed by atoms with Crippen LogP contribution in [0.1, 0.15) is 22.8 Å². The molecule has 0 spiro atoms. The summed E-state index contributed by atoms with van der Waals surface area (Å²) in [6, 6.07) is 9.30. The molecule has 104 valence electrons. The van der Waals surface area contributed by atoms with Gasteiger partial charge in [-0.05, 0) is 29.1 Å². The number of benzene rings is 1. The number of carbonyl (C=O) groups excluding carboxylic acids is 2. The second kappa shape index (κ2) is 6.34. The number of hydrogen-bond acceptors (Lipinski definition) is 3. The molecule has 5 heteroatoms. The number of carbonyl (C=O) groups is 2. The minimum Gasteiger partial charge on any atom is -0.342 e. The van der Waals surface area contributed by atoms with E-state index < -0.39 is 0 Å². The van der Waals surface area contributed by atoms with E-state index in [9.17, 15) is 9.59 Å². The number of rotatable bonds is 4. The molecule has 2 amide bonds. The van der Waals surface area contributed by atoms with Gasteiger partial charge in [-0.2, -0.15) is 11.3 Å². The molecule has 0 fully saturated rings. The van der Waals surface area contributed by atoms with Gasteiger partial charge in [-0.1, -0.05) is 12.1 Å². The number of nitrogens with zero attached hydrogens (tertiary/aromatic N) is 1. The molecular weight excluding hydrogens is 272 g/mol. The Morgan fingerprint density at radius 3 is 2.75 bits per heavy atom. The van der Waals surface area contributed by atoms with E-state index in [0.717, 1.165) is 11.3 Å². The lowest BCUT2D eigenvalue weighted by Crippen LogP contribution is -2.23. The van der Waals surface area contributed by atoms with E-state index >= 15 is 0 Å². The molecule has 0 radical (unpaired) electrons. The van der Waals surface area contributed by atoms with Crippen molar-refractivity contribution in [1.82, 2.24) is 4.90 Å². The molecule has 0 bridgehead atoms. The number of thiophene rings is 1. The molecule has 20 heavy (non-hydrogen) atoms. The molecule has 2 aromatic rings. The number of anilines is 1. The summed E-state index contributed by atoms with van der Waals surface area (Å²) in [4.78, 5) is 24.8. The van der Waals surface area contributed by atoms with E-state index in [2.05, 4.69) is 5.32 Å². The van der Waals surface area contributed by atoms with Crippen molar-refractivity contribution >= 4 is 28.8 Å². The van der Waals surface area contributed by atoms with Crippen LogP contribution in [0.15, 0.2) is 41.1 Å². The summed E-state index contributed by atoms with van der Waals surface area (Å²) < 4.78 is 0. The topological polar surface area (TPSA) is 49.4 Å². The zero-order valence-electron chi connectivity index (χ0n) is 11.4. The third-order valence-corrected chi connectivity index (χ3v) is 3.61. The lowest BCUT2D eigenvalue weighted by Gasteiger charge is -2.15. The summed E-state index contributed by atoms with van der Waals surface area (Å²) in [6.45, 7) is 2.06. The second-order valence-corrected chi connectivity index (χ2v) is 5.32. The molecule has 0 aliphatic carbocycles. The van der Waals surface area contributed by atoms with Gasteiger partial charge in [0.05, 0.1) is 5.56 Å². The van der Waals surface area contributed by atoms with Crippen molar-refractivity contribution in [2.75, 3.05) is 12.4 Å². The maximum absolute atomic E-state index is 11.9. The highest BCUT2D eigenvalue weighted by Gasteiger charge is 2.08. The van der Waals surface area contributed by atoms with Gasteiger partial charge in [0.15, 0.2) is 0 Å². The minimum absolute atomic E-state index is 0.0118. The van der Waals surface area contributed by atoms with Crippen LogP contribution in [0.2, 0.25) is 0 Å². The Bertz CT molecular complexity index is 608. The van der Waals surface area contributed by atoms with E-state index in [1.165, 1.54) is 18.3 Å². The first kappa shape index (κ1) is 14.3. The Morgan fingerprint density at radius 2 is 2.10 bits per heavy atom. The van der Waals surface area contributed by atoms with Gasteiger partial charge in [-0.3, -0.25) is 9.59 Å². The average Bonchev–Trinajstić information content (AvgIpc) is 2.92. The van der Waals surface area contributed by atoms with E-state index in [0.29, 0.717) is 12.1 Å². The first-order valence-corrected chi connectivity index (χ1v) is 7.15. The van der Waals surface area contributed by atoms with Gasteiger partial charge in [-0.25, -0.2) is 0 Å². The van der Waals surface area contributed by atoms with Gasteiger partial charge in [0, 0.05) is 31.6 Å². The standard InChI is InChI=1S/C15H16N2O2S/c1-11(18)17(2)9-12-4-3-5-14(8-12)16-15(19)13-6-7-20-10-13/h3-8,10H,9H2,1-2H3,(H,16,19). The molecule has 0 aliphatic heterocycles. The van der Waals surface area contributed by atoms with Crippen molar-refractivity contribution in [3.8, 4) is 0 Å². The third-order valence-electron chi connectivity index (χ3n) is 2.93. The lowest BCUT2D eigenvalue weighted by molar-refractivity contribution is -0.128. The maximum atomic E-state index is 11.9. The Hall–Kier alpha value is -2.14. The summed E-state index contributed by atoms with van der Waals surface area (Å²) in [6.07, 6.45) is 0. The summed E-state index contributed by atoms with van der Waals surface area (Å²) in [7, 11) is 1.75. The van der Waals surface area contributed by atoms with Gasteiger partial charge < -0.3 is 10.2 Å². The largest absolute Gasteiger partial charge is 0.342 e. The normalized spacial score (nSPS) is 10.1. The highest BCUT2D eigenvalue weighted by molar-refractivity contribution is 7.08. The van der Waals surface area contributed by atoms with Crippen LogP contribution in [0.25, 0.3) is 0 Å². The quantitative estimate of drug-likeness (QED) is 0.940. The van der Waals surface area contributed by atoms with Crippen LogP contribution in [-0.2, 0) is 11.3 Å². The first-order valence-electron chi connectivity index (χ1n) is 6.20. The fourth-order valence-electron chi connectivity index (χ4n) is 1.73. The molecule has 0 aliphatic rings. The van der Waals surface area contributed by atoms with Gasteiger partial charge in [0.2, 0.25) is 5.91 Å². The smallest absolute Gasteiger partial charge is 0.256 e. The van der Waals surface area contributed by atoms with Gasteiger partial charge in [0.25, 0.3) is 5.91 Å². The molecule has 2 rings (SSSR count). The molecule has 0 unspecified atom stereocenters. The monoisotopic (exact) mass is 288 g/mol. The molecule has 1 N–H and O–H groups in total. The fourth-order valence-corrected chi connectivity index (χ4v) is 2.37. The number of nitrogens with one attached hydrogen (secondary N) is 1. The average molecular weight is 288 g/mol. The van der Waals surface area contributed by atoms with Crippen LogP contribution < -0.4 is 5.32 Å². The SMILES string of the molecule is CC(=O)N(C)Cc1cccc(NC(=O)c2ccsc2)c1. The highest BCUT2D eigenvalue weighted by Crippen LogP contribution is 2.14. The molecule has 1 aromatic carbocycles. The summed E-state index contributed by atoms with van der Waals surface area (Å²) in [5.74, 6) is -0.110. The summed E-state index contributed by atoms with van der Waals surface area (Å²) in [5, 5.41) is 6.53. The predicted molar refractivity (Wildman–Crippen MR) is 80.9 cm³/mol. The minimum atomic E-state index is -0.122. The highest BCUT2D eigenvalue weighted by atomic mass is 32.1. The Kier molecular flexibility index (Phi) is 4.53. The van der Waals surface area contributed by atoms with E-state index in [4.69, 9.17) is 0 Å². The molecule has 0 saturated carbocycles. The Morgan fingerprint density at radius 1 is 1.30 bits per heavy atom. The van der Waals surface area contributed by atoms with Crippen LogP contribution >= 0.6 is 11.3 Å². The third kappa shape index (κ3) is 3.68. The fraction of sp³-hybridized carbons (Fsp3) is 0.200. The summed E-state index contributed by atoms with van der Waals surface area (Å²) >= 11 is 1.49. The summed E-state index contributed by atoms with van der Waals surface area (Å²) in [5.41, 5.74) is 2.36. The van der Waals surface area contributed by atoms with Gasteiger partial charge >= 0.3 is 0 Å². The molecular formula is C15H16N2O2S. The van der Waals surface area contributed by atoms with Crippen molar-refractivity contribution in [2.45, 2.75) is 13.5 Å². The van der Waals surface area contributed by atoms with Crippen molar-refractivity contribution in [3.63, 3.8) is 0 Å². The predicted octanol–water partition coefficient (Wildman–Crippen LogP) is 2.98. The van der Waals surface area contributed by atoms with Crippen molar-refractivity contribution in [1.29, 1.82) is 0 Å². The van der Waals surface area contributed by atoms with Crippen LogP contribution in [0.3, 0.4) is 0 Å². The number of amides is 2. The van der Waals surface area contributed by atoms with Crippen LogP contribution in [0.4, 0.5) is 5.69 Å². The molecule has 0 saturated heterocycles. The second-order valence-electron chi connectivity index (χ2n) is 4.54. The zero-order chi connectivity index (χ0) is 14.5. The van der Waals surface area contributed by atoms with Gasteiger partial charge in [-0.15, -0.1) is 0 Å². The molecule has 1 aromatic heterocycles. The van der Waals surface area contributed by atoms with Crippen molar-refractivity contribution in [2.24, 2.45) is 0 Å².